The Bertz CT molecular complexity index is 560. The molecule has 20 heavy (non-hydrogen) atoms. The van der Waals surface area contributed by atoms with Gasteiger partial charge in [0.25, 0.3) is 5.91 Å². The fraction of sp³-hybridized carbons (Fsp3) is 0.429. The van der Waals surface area contributed by atoms with E-state index in [9.17, 15) is 9.59 Å². The Morgan fingerprint density at radius 1 is 1.45 bits per heavy atom. The maximum atomic E-state index is 12.7. The molecule has 108 valence electrons. The van der Waals surface area contributed by atoms with Crippen LogP contribution in [0.1, 0.15) is 24.2 Å². The fourth-order valence-corrected chi connectivity index (χ4v) is 2.83. The quantitative estimate of drug-likeness (QED) is 0.853. The van der Waals surface area contributed by atoms with Gasteiger partial charge in [-0.15, -0.1) is 11.8 Å². The molecule has 0 aromatic heterocycles. The van der Waals surface area contributed by atoms with Crippen molar-refractivity contribution in [2.75, 3.05) is 19.3 Å². The first-order valence-corrected chi connectivity index (χ1v) is 7.92. The first-order valence-electron chi connectivity index (χ1n) is 6.31. The van der Waals surface area contributed by atoms with Crippen molar-refractivity contribution >= 4 is 35.2 Å². The van der Waals surface area contributed by atoms with Crippen molar-refractivity contribution in [1.82, 2.24) is 10.2 Å². The van der Waals surface area contributed by atoms with Gasteiger partial charge in [-0.05, 0) is 38.3 Å². The fourth-order valence-electron chi connectivity index (χ4n) is 2.20. The molecule has 2 rings (SSSR count). The Morgan fingerprint density at radius 3 is 2.80 bits per heavy atom. The number of rotatable bonds is 2. The number of carbonyl (C=O) groups excluding carboxylic acids is 2. The first kappa shape index (κ1) is 15.2. The molecule has 0 radical (unpaired) electrons. The number of piperazine rings is 1. The van der Waals surface area contributed by atoms with Crippen molar-refractivity contribution in [3.8, 4) is 0 Å². The van der Waals surface area contributed by atoms with Crippen LogP contribution in [0.4, 0.5) is 0 Å². The van der Waals surface area contributed by atoms with Gasteiger partial charge in [-0.2, -0.15) is 0 Å². The van der Waals surface area contributed by atoms with Gasteiger partial charge in [0.1, 0.15) is 5.54 Å². The summed E-state index contributed by atoms with van der Waals surface area (Å²) in [5, 5.41) is 3.19. The van der Waals surface area contributed by atoms with Crippen molar-refractivity contribution < 1.29 is 9.59 Å². The second-order valence-corrected chi connectivity index (χ2v) is 6.40. The molecule has 0 saturated carbocycles. The van der Waals surface area contributed by atoms with Crippen LogP contribution in [0.2, 0.25) is 5.02 Å². The molecule has 0 unspecified atom stereocenters. The topological polar surface area (TPSA) is 49.4 Å². The summed E-state index contributed by atoms with van der Waals surface area (Å²) in [5.41, 5.74) is -0.421. The minimum absolute atomic E-state index is 0.144. The molecule has 1 N–H and O–H groups in total. The number of hydrogen-bond acceptors (Lipinski definition) is 3. The highest BCUT2D eigenvalue weighted by atomic mass is 35.5. The third-order valence-corrected chi connectivity index (χ3v) is 4.56. The minimum Gasteiger partial charge on any atom is -0.352 e. The molecule has 1 aromatic rings. The molecule has 0 bridgehead atoms. The highest BCUT2D eigenvalue weighted by Gasteiger charge is 2.41. The first-order chi connectivity index (χ1) is 9.37. The molecule has 0 atom stereocenters. The smallest absolute Gasteiger partial charge is 0.256 e. The van der Waals surface area contributed by atoms with E-state index in [1.165, 1.54) is 0 Å². The van der Waals surface area contributed by atoms with E-state index in [0.29, 0.717) is 23.7 Å². The monoisotopic (exact) mass is 312 g/mol. The Kier molecular flexibility index (Phi) is 4.30. The maximum absolute atomic E-state index is 12.7. The van der Waals surface area contributed by atoms with E-state index < -0.39 is 5.54 Å². The minimum atomic E-state index is -0.867. The number of amides is 2. The van der Waals surface area contributed by atoms with Crippen molar-refractivity contribution in [1.29, 1.82) is 0 Å². The Labute approximate surface area is 127 Å². The molecule has 1 fully saturated rings. The second-order valence-electron chi connectivity index (χ2n) is 5.12. The molecule has 0 aliphatic carbocycles. The van der Waals surface area contributed by atoms with Gasteiger partial charge in [-0.3, -0.25) is 9.59 Å². The lowest BCUT2D eigenvalue weighted by Crippen LogP contribution is -2.63. The SMILES string of the molecule is CSc1ccc(Cl)c(C(=O)N2CCNC(=O)C2(C)C)c1. The number of hydrogen-bond donors (Lipinski definition) is 1. The van der Waals surface area contributed by atoms with E-state index in [1.807, 2.05) is 12.3 Å². The average Bonchev–Trinajstić information content (AvgIpc) is 2.41. The van der Waals surface area contributed by atoms with Crippen LogP contribution in [0, 0.1) is 0 Å². The van der Waals surface area contributed by atoms with Crippen LogP contribution in [0.15, 0.2) is 23.1 Å². The number of halogens is 1. The Hall–Kier alpha value is -1.20. The summed E-state index contributed by atoms with van der Waals surface area (Å²) in [6.07, 6.45) is 1.94. The van der Waals surface area contributed by atoms with Gasteiger partial charge in [0.15, 0.2) is 0 Å². The maximum Gasteiger partial charge on any atom is 0.256 e. The zero-order valence-corrected chi connectivity index (χ0v) is 13.3. The van der Waals surface area contributed by atoms with E-state index >= 15 is 0 Å². The molecule has 1 aliphatic heterocycles. The van der Waals surface area contributed by atoms with Crippen molar-refractivity contribution in [2.45, 2.75) is 24.3 Å². The van der Waals surface area contributed by atoms with Crippen molar-refractivity contribution in [3.05, 3.63) is 28.8 Å². The van der Waals surface area contributed by atoms with E-state index in [1.54, 1.807) is 42.6 Å². The Balaban J connectivity index is 2.38. The second kappa shape index (κ2) is 5.66. The predicted molar refractivity (Wildman–Crippen MR) is 81.4 cm³/mol. The molecule has 0 spiro atoms. The third-order valence-electron chi connectivity index (χ3n) is 3.50. The van der Waals surface area contributed by atoms with Crippen molar-refractivity contribution in [2.24, 2.45) is 0 Å². The number of nitrogens with zero attached hydrogens (tertiary/aromatic N) is 1. The zero-order valence-electron chi connectivity index (χ0n) is 11.7. The highest BCUT2D eigenvalue weighted by Crippen LogP contribution is 2.27. The van der Waals surface area contributed by atoms with Crippen LogP contribution in [-0.4, -0.2) is 41.6 Å². The molecule has 2 amide bonds. The molecule has 1 aliphatic rings. The molecular weight excluding hydrogens is 296 g/mol. The van der Waals surface area contributed by atoms with Crippen LogP contribution in [0.25, 0.3) is 0 Å². The summed E-state index contributed by atoms with van der Waals surface area (Å²) < 4.78 is 0. The molecule has 1 heterocycles. The highest BCUT2D eigenvalue weighted by molar-refractivity contribution is 7.98. The number of benzene rings is 1. The van der Waals surface area contributed by atoms with Gasteiger partial charge in [-0.25, -0.2) is 0 Å². The molecule has 1 aromatic carbocycles. The number of carbonyl (C=O) groups is 2. The lowest BCUT2D eigenvalue weighted by Gasteiger charge is -2.41. The van der Waals surface area contributed by atoms with Gasteiger partial charge >= 0.3 is 0 Å². The largest absolute Gasteiger partial charge is 0.352 e. The van der Waals surface area contributed by atoms with Gasteiger partial charge < -0.3 is 10.2 Å². The average molecular weight is 313 g/mol. The summed E-state index contributed by atoms with van der Waals surface area (Å²) in [6.45, 7) is 4.43. The lowest BCUT2D eigenvalue weighted by molar-refractivity contribution is -0.133. The summed E-state index contributed by atoms with van der Waals surface area (Å²) in [7, 11) is 0. The van der Waals surface area contributed by atoms with Gasteiger partial charge in [0.2, 0.25) is 5.91 Å². The van der Waals surface area contributed by atoms with E-state index in [4.69, 9.17) is 11.6 Å². The molecule has 6 heteroatoms. The molecule has 4 nitrogen and oxygen atoms in total. The molecular formula is C14H17ClN2O2S. The summed E-state index contributed by atoms with van der Waals surface area (Å²) in [4.78, 5) is 27.2. The van der Waals surface area contributed by atoms with E-state index in [2.05, 4.69) is 5.32 Å². The van der Waals surface area contributed by atoms with Crippen LogP contribution in [-0.2, 0) is 4.79 Å². The summed E-state index contributed by atoms with van der Waals surface area (Å²) in [5.74, 6) is -0.347. The number of nitrogens with one attached hydrogen (secondary N) is 1. The van der Waals surface area contributed by atoms with Crippen LogP contribution >= 0.6 is 23.4 Å². The van der Waals surface area contributed by atoms with Gasteiger partial charge in [-0.1, -0.05) is 11.6 Å². The summed E-state index contributed by atoms with van der Waals surface area (Å²) in [6, 6.07) is 5.37. The van der Waals surface area contributed by atoms with E-state index in [-0.39, 0.29) is 11.8 Å². The Morgan fingerprint density at radius 2 is 2.15 bits per heavy atom. The van der Waals surface area contributed by atoms with Crippen LogP contribution in [0.5, 0.6) is 0 Å². The van der Waals surface area contributed by atoms with Gasteiger partial charge in [0, 0.05) is 18.0 Å². The third kappa shape index (κ3) is 2.65. The van der Waals surface area contributed by atoms with Gasteiger partial charge in [0.05, 0.1) is 10.6 Å². The van der Waals surface area contributed by atoms with Crippen LogP contribution in [0.3, 0.4) is 0 Å². The normalized spacial score (nSPS) is 17.8. The zero-order chi connectivity index (χ0) is 14.9. The standard InChI is InChI=1S/C14H17ClN2O2S/c1-14(2)13(19)16-6-7-17(14)12(18)10-8-9(20-3)4-5-11(10)15/h4-5,8H,6-7H2,1-3H3,(H,16,19). The lowest BCUT2D eigenvalue weighted by atomic mass is 9.97. The number of thioether (sulfide) groups is 1. The van der Waals surface area contributed by atoms with Crippen molar-refractivity contribution in [3.63, 3.8) is 0 Å². The van der Waals surface area contributed by atoms with E-state index in [0.717, 1.165) is 4.90 Å². The molecule has 1 saturated heterocycles. The predicted octanol–water partition coefficient (Wildman–Crippen LogP) is 2.41. The summed E-state index contributed by atoms with van der Waals surface area (Å²) >= 11 is 7.69. The van der Waals surface area contributed by atoms with Crippen LogP contribution < -0.4 is 5.32 Å².